The monoisotopic (exact) mass is 245 g/mol. The lowest BCUT2D eigenvalue weighted by Gasteiger charge is -2.30. The molecule has 2 nitrogen and oxygen atoms in total. The summed E-state index contributed by atoms with van der Waals surface area (Å²) in [7, 11) is 0. The van der Waals surface area contributed by atoms with E-state index in [1.807, 2.05) is 25.1 Å². The average molecular weight is 245 g/mol. The SMILES string of the molecule is Cc1ccc(N)c(C(=O)C2CC(C)CC(C)C2)c1. The Kier molecular flexibility index (Phi) is 3.74. The van der Waals surface area contributed by atoms with Gasteiger partial charge in [0.05, 0.1) is 0 Å². The van der Waals surface area contributed by atoms with Crippen molar-refractivity contribution in [1.82, 2.24) is 0 Å². The van der Waals surface area contributed by atoms with Gasteiger partial charge in [-0.25, -0.2) is 0 Å². The van der Waals surface area contributed by atoms with E-state index in [4.69, 9.17) is 5.73 Å². The van der Waals surface area contributed by atoms with Crippen LogP contribution in [0, 0.1) is 24.7 Å². The normalized spacial score (nSPS) is 28.1. The number of hydrogen-bond donors (Lipinski definition) is 1. The Morgan fingerprint density at radius 2 is 1.78 bits per heavy atom. The number of rotatable bonds is 2. The second-order valence-corrected chi connectivity index (χ2v) is 6.07. The van der Waals surface area contributed by atoms with Crippen molar-refractivity contribution in [3.63, 3.8) is 0 Å². The summed E-state index contributed by atoms with van der Waals surface area (Å²) < 4.78 is 0. The molecule has 1 aliphatic rings. The van der Waals surface area contributed by atoms with Crippen molar-refractivity contribution in [2.75, 3.05) is 5.73 Å². The number of carbonyl (C=O) groups is 1. The van der Waals surface area contributed by atoms with Crippen LogP contribution in [0.15, 0.2) is 18.2 Å². The van der Waals surface area contributed by atoms with Gasteiger partial charge in [0.1, 0.15) is 0 Å². The summed E-state index contributed by atoms with van der Waals surface area (Å²) in [5.41, 5.74) is 8.39. The lowest BCUT2D eigenvalue weighted by Crippen LogP contribution is -2.26. The van der Waals surface area contributed by atoms with Gasteiger partial charge in [-0.2, -0.15) is 0 Å². The van der Waals surface area contributed by atoms with Gasteiger partial charge in [-0.3, -0.25) is 4.79 Å². The molecule has 0 radical (unpaired) electrons. The fourth-order valence-electron chi connectivity index (χ4n) is 3.26. The molecule has 2 atom stereocenters. The largest absolute Gasteiger partial charge is 0.398 e. The van der Waals surface area contributed by atoms with Crippen LogP contribution in [0.25, 0.3) is 0 Å². The lowest BCUT2D eigenvalue weighted by molar-refractivity contribution is 0.0837. The molecule has 0 aliphatic heterocycles. The standard InChI is InChI=1S/C16H23NO/c1-10-4-5-15(17)14(9-10)16(18)13-7-11(2)6-12(3)8-13/h4-5,9,11-13H,6-8,17H2,1-3H3. The van der Waals surface area contributed by atoms with Gasteiger partial charge in [0.2, 0.25) is 0 Å². The van der Waals surface area contributed by atoms with Crippen LogP contribution in [0.3, 0.4) is 0 Å². The number of ketones is 1. The van der Waals surface area contributed by atoms with E-state index in [-0.39, 0.29) is 11.7 Å². The zero-order valence-electron chi connectivity index (χ0n) is 11.6. The molecule has 0 heterocycles. The number of nitrogens with two attached hydrogens (primary N) is 1. The minimum absolute atomic E-state index is 0.160. The molecule has 1 fully saturated rings. The highest BCUT2D eigenvalue weighted by molar-refractivity contribution is 6.02. The van der Waals surface area contributed by atoms with Gasteiger partial charge in [0.15, 0.2) is 5.78 Å². The van der Waals surface area contributed by atoms with Gasteiger partial charge in [-0.05, 0) is 50.2 Å². The van der Waals surface area contributed by atoms with Gasteiger partial charge in [0, 0.05) is 17.2 Å². The van der Waals surface area contributed by atoms with Crippen molar-refractivity contribution in [1.29, 1.82) is 0 Å². The molecule has 0 bridgehead atoms. The van der Waals surface area contributed by atoms with Crippen LogP contribution in [0.5, 0.6) is 0 Å². The van der Waals surface area contributed by atoms with Gasteiger partial charge in [0.25, 0.3) is 0 Å². The minimum Gasteiger partial charge on any atom is -0.398 e. The average Bonchev–Trinajstić information content (AvgIpc) is 2.30. The molecule has 2 heteroatoms. The molecule has 1 aromatic rings. The minimum atomic E-state index is 0.160. The van der Waals surface area contributed by atoms with Crippen molar-refractivity contribution >= 4 is 11.5 Å². The maximum Gasteiger partial charge on any atom is 0.168 e. The predicted molar refractivity (Wildman–Crippen MR) is 75.6 cm³/mol. The quantitative estimate of drug-likeness (QED) is 0.635. The third-order valence-corrected chi connectivity index (χ3v) is 4.02. The Bertz CT molecular complexity index is 442. The Morgan fingerprint density at radius 1 is 1.17 bits per heavy atom. The summed E-state index contributed by atoms with van der Waals surface area (Å²) in [6, 6.07) is 5.73. The van der Waals surface area contributed by atoms with Crippen LogP contribution < -0.4 is 5.73 Å². The molecule has 0 saturated heterocycles. The van der Waals surface area contributed by atoms with Crippen molar-refractivity contribution in [3.05, 3.63) is 29.3 Å². The van der Waals surface area contributed by atoms with Gasteiger partial charge < -0.3 is 5.73 Å². The van der Waals surface area contributed by atoms with Gasteiger partial charge in [-0.1, -0.05) is 25.5 Å². The fourth-order valence-corrected chi connectivity index (χ4v) is 3.26. The molecule has 0 aromatic heterocycles. The first-order valence-electron chi connectivity index (χ1n) is 6.87. The van der Waals surface area contributed by atoms with Crippen molar-refractivity contribution in [2.24, 2.45) is 17.8 Å². The highest BCUT2D eigenvalue weighted by atomic mass is 16.1. The Hall–Kier alpha value is -1.31. The molecule has 18 heavy (non-hydrogen) atoms. The molecule has 98 valence electrons. The van der Waals surface area contributed by atoms with E-state index in [0.29, 0.717) is 17.5 Å². The van der Waals surface area contributed by atoms with Crippen molar-refractivity contribution in [3.8, 4) is 0 Å². The van der Waals surface area contributed by atoms with Crippen molar-refractivity contribution in [2.45, 2.75) is 40.0 Å². The summed E-state index contributed by atoms with van der Waals surface area (Å²) in [4.78, 5) is 12.6. The number of carbonyl (C=O) groups excluding carboxylic acids is 1. The summed E-state index contributed by atoms with van der Waals surface area (Å²) in [5.74, 6) is 1.70. The predicted octanol–water partition coefficient (Wildman–Crippen LogP) is 3.83. The Labute approximate surface area is 110 Å². The molecule has 0 spiro atoms. The molecule has 1 aliphatic carbocycles. The van der Waals surface area contributed by atoms with Gasteiger partial charge in [-0.15, -0.1) is 0 Å². The number of anilines is 1. The van der Waals surface area contributed by atoms with E-state index < -0.39 is 0 Å². The third kappa shape index (κ3) is 2.74. The van der Waals surface area contributed by atoms with Crippen LogP contribution in [-0.4, -0.2) is 5.78 Å². The van der Waals surface area contributed by atoms with Crippen LogP contribution in [0.4, 0.5) is 5.69 Å². The summed E-state index contributed by atoms with van der Waals surface area (Å²) in [5, 5.41) is 0. The van der Waals surface area contributed by atoms with Crippen LogP contribution >= 0.6 is 0 Å². The highest BCUT2D eigenvalue weighted by Gasteiger charge is 2.30. The van der Waals surface area contributed by atoms with Crippen LogP contribution in [0.2, 0.25) is 0 Å². The number of aryl methyl sites for hydroxylation is 1. The van der Waals surface area contributed by atoms with E-state index in [2.05, 4.69) is 13.8 Å². The molecule has 0 amide bonds. The maximum atomic E-state index is 12.6. The molecule has 1 aromatic carbocycles. The number of benzene rings is 1. The number of hydrogen-bond acceptors (Lipinski definition) is 2. The Balaban J connectivity index is 2.22. The lowest BCUT2D eigenvalue weighted by atomic mass is 9.74. The van der Waals surface area contributed by atoms with E-state index in [9.17, 15) is 4.79 Å². The molecule has 2 rings (SSSR count). The third-order valence-electron chi connectivity index (χ3n) is 4.02. The van der Waals surface area contributed by atoms with E-state index in [1.165, 1.54) is 6.42 Å². The molecule has 2 unspecified atom stereocenters. The maximum absolute atomic E-state index is 12.6. The zero-order chi connectivity index (χ0) is 13.3. The second kappa shape index (κ2) is 5.13. The number of Topliss-reactive ketones (excluding diaryl/α,β-unsaturated/α-hetero) is 1. The molecule has 1 saturated carbocycles. The molecule has 2 N–H and O–H groups in total. The second-order valence-electron chi connectivity index (χ2n) is 6.07. The van der Waals surface area contributed by atoms with E-state index >= 15 is 0 Å². The highest BCUT2D eigenvalue weighted by Crippen LogP contribution is 2.35. The smallest absolute Gasteiger partial charge is 0.168 e. The van der Waals surface area contributed by atoms with E-state index in [1.54, 1.807) is 0 Å². The first kappa shape index (κ1) is 13.1. The molecular weight excluding hydrogens is 222 g/mol. The first-order chi connectivity index (χ1) is 8.47. The van der Waals surface area contributed by atoms with Crippen molar-refractivity contribution < 1.29 is 4.79 Å². The van der Waals surface area contributed by atoms with Crippen LogP contribution in [0.1, 0.15) is 49.0 Å². The summed E-state index contributed by atoms with van der Waals surface area (Å²) in [6.07, 6.45) is 3.26. The van der Waals surface area contributed by atoms with Gasteiger partial charge >= 0.3 is 0 Å². The van der Waals surface area contributed by atoms with E-state index in [0.717, 1.165) is 24.0 Å². The van der Waals surface area contributed by atoms with Crippen LogP contribution in [-0.2, 0) is 0 Å². The zero-order valence-corrected chi connectivity index (χ0v) is 11.6. The number of nitrogen functional groups attached to an aromatic ring is 1. The molecular formula is C16H23NO. The summed E-state index contributed by atoms with van der Waals surface area (Å²) in [6.45, 7) is 6.49. The topological polar surface area (TPSA) is 43.1 Å². The fraction of sp³-hybridized carbons (Fsp3) is 0.562. The first-order valence-corrected chi connectivity index (χ1v) is 6.87. The Morgan fingerprint density at radius 3 is 2.39 bits per heavy atom. The summed E-state index contributed by atoms with van der Waals surface area (Å²) >= 11 is 0.